The molecule has 0 radical (unpaired) electrons. The van der Waals surface area contributed by atoms with Crippen LogP contribution in [0, 0.1) is 11.3 Å². The minimum Gasteiger partial charge on any atom is -0.396 e. The Labute approximate surface area is 101 Å². The standard InChI is InChI=1S/C14H29NO/c1-3-5-6-13(4-2)11-14(12-16)7-9-15-10-8-14/h13,15-16H,3-12H2,1-2H3. The predicted octanol–water partition coefficient (Wildman–Crippen LogP) is 2.96. The maximum absolute atomic E-state index is 9.68. The van der Waals surface area contributed by atoms with Crippen LogP contribution in [0.2, 0.25) is 0 Å². The van der Waals surface area contributed by atoms with Gasteiger partial charge in [0.15, 0.2) is 0 Å². The molecule has 0 saturated carbocycles. The quantitative estimate of drug-likeness (QED) is 0.701. The van der Waals surface area contributed by atoms with Gasteiger partial charge in [-0.15, -0.1) is 0 Å². The van der Waals surface area contributed by atoms with Crippen LogP contribution in [0.25, 0.3) is 0 Å². The second kappa shape index (κ2) is 7.29. The average Bonchev–Trinajstić information content (AvgIpc) is 2.35. The molecule has 0 aromatic carbocycles. The third kappa shape index (κ3) is 4.06. The fraction of sp³-hybridized carbons (Fsp3) is 1.00. The second-order valence-electron chi connectivity index (χ2n) is 5.53. The van der Waals surface area contributed by atoms with Crippen LogP contribution >= 0.6 is 0 Å². The highest BCUT2D eigenvalue weighted by atomic mass is 16.3. The van der Waals surface area contributed by atoms with E-state index in [9.17, 15) is 5.11 Å². The van der Waals surface area contributed by atoms with Crippen molar-refractivity contribution in [2.75, 3.05) is 19.7 Å². The molecule has 96 valence electrons. The number of aliphatic hydroxyl groups is 1. The molecule has 0 bridgehead atoms. The van der Waals surface area contributed by atoms with Crippen molar-refractivity contribution in [1.82, 2.24) is 5.32 Å². The van der Waals surface area contributed by atoms with Crippen molar-refractivity contribution < 1.29 is 5.11 Å². The molecule has 0 aromatic heterocycles. The zero-order valence-corrected chi connectivity index (χ0v) is 11.1. The summed E-state index contributed by atoms with van der Waals surface area (Å²) in [6.45, 7) is 7.12. The van der Waals surface area contributed by atoms with Gasteiger partial charge in [-0.25, -0.2) is 0 Å². The molecule has 1 saturated heterocycles. The van der Waals surface area contributed by atoms with Gasteiger partial charge in [0.1, 0.15) is 0 Å². The second-order valence-corrected chi connectivity index (χ2v) is 5.53. The molecule has 1 atom stereocenters. The molecule has 1 unspecified atom stereocenters. The van der Waals surface area contributed by atoms with Crippen LogP contribution in [0.4, 0.5) is 0 Å². The number of hydrogen-bond donors (Lipinski definition) is 2. The van der Waals surface area contributed by atoms with E-state index in [4.69, 9.17) is 0 Å². The molecule has 1 rings (SSSR count). The van der Waals surface area contributed by atoms with Crippen molar-refractivity contribution in [3.8, 4) is 0 Å². The Morgan fingerprint density at radius 1 is 1.25 bits per heavy atom. The summed E-state index contributed by atoms with van der Waals surface area (Å²) in [4.78, 5) is 0. The Hall–Kier alpha value is -0.0800. The average molecular weight is 227 g/mol. The summed E-state index contributed by atoms with van der Waals surface area (Å²) in [5, 5.41) is 13.1. The maximum atomic E-state index is 9.68. The first-order chi connectivity index (χ1) is 7.76. The summed E-state index contributed by atoms with van der Waals surface area (Å²) in [6.07, 6.45) is 8.82. The molecule has 0 spiro atoms. The molecule has 1 fully saturated rings. The third-order valence-corrected chi connectivity index (χ3v) is 4.26. The van der Waals surface area contributed by atoms with Gasteiger partial charge in [-0.2, -0.15) is 0 Å². The lowest BCUT2D eigenvalue weighted by Gasteiger charge is -2.38. The largest absolute Gasteiger partial charge is 0.396 e. The van der Waals surface area contributed by atoms with Crippen molar-refractivity contribution in [3.05, 3.63) is 0 Å². The maximum Gasteiger partial charge on any atom is 0.0488 e. The van der Waals surface area contributed by atoms with E-state index in [1.807, 2.05) is 0 Å². The first-order valence-electron chi connectivity index (χ1n) is 7.08. The molecular formula is C14H29NO. The first-order valence-corrected chi connectivity index (χ1v) is 7.08. The fourth-order valence-electron chi connectivity index (χ4n) is 2.94. The van der Waals surface area contributed by atoms with Crippen LogP contribution in [-0.2, 0) is 0 Å². The SMILES string of the molecule is CCCCC(CC)CC1(CO)CCNCC1. The van der Waals surface area contributed by atoms with E-state index in [0.717, 1.165) is 31.8 Å². The summed E-state index contributed by atoms with van der Waals surface area (Å²) in [5.74, 6) is 0.824. The van der Waals surface area contributed by atoms with Crippen LogP contribution in [0.3, 0.4) is 0 Å². The highest BCUT2D eigenvalue weighted by Gasteiger charge is 2.33. The Balaban J connectivity index is 2.45. The molecule has 0 aromatic rings. The molecule has 0 amide bonds. The predicted molar refractivity (Wildman–Crippen MR) is 69.5 cm³/mol. The van der Waals surface area contributed by atoms with Crippen LogP contribution < -0.4 is 5.32 Å². The van der Waals surface area contributed by atoms with Crippen LogP contribution in [0.1, 0.15) is 58.8 Å². The molecule has 1 aliphatic rings. The lowest BCUT2D eigenvalue weighted by molar-refractivity contribution is 0.0601. The lowest BCUT2D eigenvalue weighted by Crippen LogP contribution is -2.40. The fourth-order valence-corrected chi connectivity index (χ4v) is 2.94. The number of hydrogen-bond acceptors (Lipinski definition) is 2. The zero-order chi connectivity index (χ0) is 11.9. The van der Waals surface area contributed by atoms with E-state index in [1.54, 1.807) is 0 Å². The van der Waals surface area contributed by atoms with Crippen molar-refractivity contribution in [2.24, 2.45) is 11.3 Å². The molecular weight excluding hydrogens is 198 g/mol. The van der Waals surface area contributed by atoms with Crippen molar-refractivity contribution >= 4 is 0 Å². The van der Waals surface area contributed by atoms with Crippen molar-refractivity contribution in [2.45, 2.75) is 58.8 Å². The number of piperidine rings is 1. The molecule has 1 aliphatic heterocycles. The van der Waals surface area contributed by atoms with E-state index in [-0.39, 0.29) is 5.41 Å². The summed E-state index contributed by atoms with van der Waals surface area (Å²) < 4.78 is 0. The Morgan fingerprint density at radius 3 is 2.44 bits per heavy atom. The highest BCUT2D eigenvalue weighted by molar-refractivity contribution is 4.86. The summed E-state index contributed by atoms with van der Waals surface area (Å²) >= 11 is 0. The van der Waals surface area contributed by atoms with Gasteiger partial charge in [-0.1, -0.05) is 39.5 Å². The number of rotatable bonds is 7. The van der Waals surface area contributed by atoms with Crippen LogP contribution in [0.15, 0.2) is 0 Å². The lowest BCUT2D eigenvalue weighted by atomic mass is 9.71. The van der Waals surface area contributed by atoms with E-state index in [2.05, 4.69) is 19.2 Å². The Bertz CT molecular complexity index is 176. The van der Waals surface area contributed by atoms with E-state index in [0.29, 0.717) is 6.61 Å². The molecule has 2 nitrogen and oxygen atoms in total. The van der Waals surface area contributed by atoms with Gasteiger partial charge in [-0.3, -0.25) is 0 Å². The van der Waals surface area contributed by atoms with Gasteiger partial charge in [0.05, 0.1) is 0 Å². The number of aliphatic hydroxyl groups excluding tert-OH is 1. The van der Waals surface area contributed by atoms with E-state index < -0.39 is 0 Å². The smallest absolute Gasteiger partial charge is 0.0488 e. The van der Waals surface area contributed by atoms with Gasteiger partial charge in [0.2, 0.25) is 0 Å². The van der Waals surface area contributed by atoms with Gasteiger partial charge in [0.25, 0.3) is 0 Å². The topological polar surface area (TPSA) is 32.3 Å². The number of unbranched alkanes of at least 4 members (excludes halogenated alkanes) is 1. The summed E-state index contributed by atoms with van der Waals surface area (Å²) in [5.41, 5.74) is 0.236. The molecule has 16 heavy (non-hydrogen) atoms. The van der Waals surface area contributed by atoms with Crippen LogP contribution in [0.5, 0.6) is 0 Å². The van der Waals surface area contributed by atoms with E-state index in [1.165, 1.54) is 32.1 Å². The van der Waals surface area contributed by atoms with Gasteiger partial charge < -0.3 is 10.4 Å². The monoisotopic (exact) mass is 227 g/mol. The zero-order valence-electron chi connectivity index (χ0n) is 11.1. The van der Waals surface area contributed by atoms with Gasteiger partial charge >= 0.3 is 0 Å². The molecule has 2 N–H and O–H groups in total. The van der Waals surface area contributed by atoms with E-state index >= 15 is 0 Å². The molecule has 0 aliphatic carbocycles. The van der Waals surface area contributed by atoms with Crippen molar-refractivity contribution in [3.63, 3.8) is 0 Å². The Kier molecular flexibility index (Phi) is 6.37. The normalized spacial score (nSPS) is 21.9. The molecule has 1 heterocycles. The number of nitrogens with one attached hydrogen (secondary N) is 1. The highest BCUT2D eigenvalue weighted by Crippen LogP contribution is 2.37. The Morgan fingerprint density at radius 2 is 1.94 bits per heavy atom. The van der Waals surface area contributed by atoms with Gasteiger partial charge in [-0.05, 0) is 43.7 Å². The molecule has 2 heteroatoms. The minimum absolute atomic E-state index is 0.236. The first kappa shape index (κ1) is 14.0. The van der Waals surface area contributed by atoms with Crippen molar-refractivity contribution in [1.29, 1.82) is 0 Å². The third-order valence-electron chi connectivity index (χ3n) is 4.26. The van der Waals surface area contributed by atoms with Crippen LogP contribution in [-0.4, -0.2) is 24.8 Å². The van der Waals surface area contributed by atoms with Gasteiger partial charge in [0, 0.05) is 6.61 Å². The minimum atomic E-state index is 0.236. The summed E-state index contributed by atoms with van der Waals surface area (Å²) in [6, 6.07) is 0. The summed E-state index contributed by atoms with van der Waals surface area (Å²) in [7, 11) is 0.